The van der Waals surface area contributed by atoms with Gasteiger partial charge in [0, 0.05) is 0 Å². The molecule has 0 saturated heterocycles. The molecule has 0 heterocycles. The molecule has 105 valence electrons. The van der Waals surface area contributed by atoms with E-state index in [1.165, 1.54) is 27.8 Å². The molecule has 0 unspecified atom stereocenters. The fraction of sp³-hybridized carbons (Fsp3) is 0.150. The van der Waals surface area contributed by atoms with E-state index in [2.05, 4.69) is 73.8 Å². The Morgan fingerprint density at radius 1 is 0.818 bits per heavy atom. The van der Waals surface area contributed by atoms with E-state index in [-0.39, 0.29) is 8.41 Å². The number of fused-ring (bicyclic) bond motifs is 3. The molecular formula is C20H17SiZr. The molecule has 4 rings (SSSR count). The van der Waals surface area contributed by atoms with Crippen LogP contribution in [0.2, 0.25) is 13.1 Å². The van der Waals surface area contributed by atoms with Crippen LogP contribution in [0.15, 0.2) is 69.5 Å². The predicted molar refractivity (Wildman–Crippen MR) is 92.4 cm³/mol. The monoisotopic (exact) mass is 375 g/mol. The second kappa shape index (κ2) is 5.51. The van der Waals surface area contributed by atoms with Crippen LogP contribution >= 0.6 is 0 Å². The first kappa shape index (κ1) is 14.5. The van der Waals surface area contributed by atoms with Crippen LogP contribution < -0.4 is 0 Å². The molecule has 2 heteroatoms. The average Bonchev–Trinajstić information content (AvgIpc) is 3.05. The van der Waals surface area contributed by atoms with E-state index in [0.717, 1.165) is 0 Å². The maximum atomic E-state index is 2.40. The summed E-state index contributed by atoms with van der Waals surface area (Å²) in [5, 5.41) is 1.63. The number of hydrogen-bond donors (Lipinski definition) is 0. The number of allylic oxidation sites excluding steroid dienone is 4. The van der Waals surface area contributed by atoms with E-state index in [0.29, 0.717) is 5.92 Å². The third-order valence-corrected chi connectivity index (χ3v) is 8.15. The fourth-order valence-corrected chi connectivity index (χ4v) is 7.31. The molecule has 0 nitrogen and oxygen atoms in total. The zero-order chi connectivity index (χ0) is 15.3. The molecule has 22 heavy (non-hydrogen) atoms. The Labute approximate surface area is 148 Å². The van der Waals surface area contributed by atoms with Gasteiger partial charge in [0.2, 0.25) is 0 Å². The van der Waals surface area contributed by atoms with E-state index in [4.69, 9.17) is 0 Å². The number of hydrogen-bond acceptors (Lipinski definition) is 0. The van der Waals surface area contributed by atoms with Gasteiger partial charge in [-0.3, -0.25) is 0 Å². The number of benzene rings is 2. The first-order valence-corrected chi connectivity index (χ1v) is 11.4. The molecule has 0 atom stereocenters. The Balaban J connectivity index is 1.98. The van der Waals surface area contributed by atoms with Gasteiger partial charge < -0.3 is 0 Å². The Bertz CT molecular complexity index is 821. The van der Waals surface area contributed by atoms with E-state index in [9.17, 15) is 0 Å². The van der Waals surface area contributed by atoms with Gasteiger partial charge in [-0.05, 0) is 0 Å². The molecule has 0 aromatic heterocycles. The van der Waals surface area contributed by atoms with Crippen LogP contribution in [0.5, 0.6) is 0 Å². The third-order valence-electron chi connectivity index (χ3n) is 4.67. The summed E-state index contributed by atoms with van der Waals surface area (Å²) >= 11 is 1.55. The van der Waals surface area contributed by atoms with Crippen molar-refractivity contribution in [3.8, 4) is 11.1 Å². The van der Waals surface area contributed by atoms with Gasteiger partial charge in [0.15, 0.2) is 0 Å². The molecule has 0 spiro atoms. The van der Waals surface area contributed by atoms with Crippen LogP contribution in [0.25, 0.3) is 11.1 Å². The molecule has 0 fully saturated rings. The van der Waals surface area contributed by atoms with Gasteiger partial charge in [0.05, 0.1) is 0 Å². The zero-order valence-electron chi connectivity index (χ0n) is 12.9. The normalized spacial score (nSPS) is 16.1. The molecule has 0 amide bonds. The van der Waals surface area contributed by atoms with Crippen molar-refractivity contribution in [2.24, 2.45) is 0 Å². The summed E-state index contributed by atoms with van der Waals surface area (Å²) in [6, 6.07) is 17.8. The second-order valence-corrected chi connectivity index (χ2v) is 9.95. The Morgan fingerprint density at radius 3 is 1.86 bits per heavy atom. The van der Waals surface area contributed by atoms with E-state index >= 15 is 0 Å². The molecule has 0 N–H and O–H groups in total. The van der Waals surface area contributed by atoms with Gasteiger partial charge >= 0.3 is 149 Å². The molecule has 0 bridgehead atoms. The summed E-state index contributed by atoms with van der Waals surface area (Å²) in [5.74, 6) is 0.428. The molecule has 2 aliphatic rings. The quantitative estimate of drug-likeness (QED) is 0.634. The fourth-order valence-electron chi connectivity index (χ4n) is 3.64. The van der Waals surface area contributed by atoms with Gasteiger partial charge in [-0.25, -0.2) is 0 Å². The third kappa shape index (κ3) is 2.08. The van der Waals surface area contributed by atoms with Crippen molar-refractivity contribution in [3.05, 3.63) is 80.7 Å². The van der Waals surface area contributed by atoms with Crippen LogP contribution in [0.1, 0.15) is 17.0 Å². The van der Waals surface area contributed by atoms with E-state index < -0.39 is 0 Å². The summed E-state index contributed by atoms with van der Waals surface area (Å²) in [4.78, 5) is 0. The van der Waals surface area contributed by atoms with Crippen LogP contribution in [0.3, 0.4) is 0 Å². The van der Waals surface area contributed by atoms with Gasteiger partial charge in [-0.1, -0.05) is 0 Å². The van der Waals surface area contributed by atoms with Crippen molar-refractivity contribution >= 4 is 13.6 Å². The van der Waals surface area contributed by atoms with Crippen LogP contribution in [0.4, 0.5) is 0 Å². The molecule has 0 radical (unpaired) electrons. The summed E-state index contributed by atoms with van der Waals surface area (Å²) in [6.07, 6.45) is 4.78. The first-order valence-electron chi connectivity index (χ1n) is 7.68. The molecule has 0 aliphatic heterocycles. The predicted octanol–water partition coefficient (Wildman–Crippen LogP) is 4.68. The zero-order valence-corrected chi connectivity index (χ0v) is 16.3. The van der Waals surface area contributed by atoms with Gasteiger partial charge in [0.25, 0.3) is 0 Å². The summed E-state index contributed by atoms with van der Waals surface area (Å²) < 4.78 is 1.60. The van der Waals surface area contributed by atoms with Crippen LogP contribution in [-0.2, 0) is 24.7 Å². The Morgan fingerprint density at radius 2 is 1.36 bits per heavy atom. The van der Waals surface area contributed by atoms with E-state index in [1.807, 2.05) is 0 Å². The minimum atomic E-state index is -0.381. The molecular weight excluding hydrogens is 360 g/mol. The maximum absolute atomic E-state index is 2.40. The summed E-state index contributed by atoms with van der Waals surface area (Å²) in [7, 11) is -0.381. The van der Waals surface area contributed by atoms with Crippen molar-refractivity contribution < 1.29 is 24.7 Å². The SMILES string of the molecule is C[Si](C)=C1C=CC(C2c3ccccc3-c3ccccc32)=[C]1[Zr]. The van der Waals surface area contributed by atoms with Crippen LogP contribution in [0, 0.1) is 0 Å². The first-order chi connectivity index (χ1) is 10.7. The Kier molecular flexibility index (Phi) is 3.63. The minimum absolute atomic E-state index is 0.381. The topological polar surface area (TPSA) is 0 Å². The van der Waals surface area contributed by atoms with Crippen molar-refractivity contribution in [1.29, 1.82) is 0 Å². The van der Waals surface area contributed by atoms with Gasteiger partial charge in [-0.15, -0.1) is 0 Å². The van der Waals surface area contributed by atoms with Crippen molar-refractivity contribution in [1.82, 2.24) is 0 Å². The second-order valence-electron chi connectivity index (χ2n) is 6.18. The molecule has 2 aliphatic carbocycles. The van der Waals surface area contributed by atoms with Gasteiger partial charge in [-0.2, -0.15) is 0 Å². The van der Waals surface area contributed by atoms with Crippen LogP contribution in [-0.4, -0.2) is 13.6 Å². The molecule has 0 saturated carbocycles. The number of rotatable bonds is 1. The molecule has 2 aromatic carbocycles. The van der Waals surface area contributed by atoms with Gasteiger partial charge in [0.1, 0.15) is 0 Å². The average molecular weight is 377 g/mol. The van der Waals surface area contributed by atoms with Crippen molar-refractivity contribution in [2.75, 3.05) is 0 Å². The standard InChI is InChI=1S/C20H17Si.Zr/c1-21(2)15-12-11-14(13-15)20-18-9-5-3-7-16(18)17-8-4-6-10-19(17)20;/h3-12,20H,1-2H3;. The summed E-state index contributed by atoms with van der Waals surface area (Å²) in [5.41, 5.74) is 7.33. The Hall–Kier alpha value is -1.11. The van der Waals surface area contributed by atoms with Crippen molar-refractivity contribution in [2.45, 2.75) is 19.0 Å². The molecule has 2 aromatic rings. The summed E-state index contributed by atoms with van der Waals surface area (Å²) in [6.45, 7) is 4.79. The van der Waals surface area contributed by atoms with E-state index in [1.54, 1.807) is 33.2 Å². The van der Waals surface area contributed by atoms with Crippen molar-refractivity contribution in [3.63, 3.8) is 0 Å².